The van der Waals surface area contributed by atoms with Crippen LogP contribution in [0.4, 0.5) is 15.8 Å². The van der Waals surface area contributed by atoms with Crippen LogP contribution in [0.25, 0.3) is 0 Å². The zero-order valence-electron chi connectivity index (χ0n) is 10.8. The number of amides is 1. The Labute approximate surface area is 127 Å². The Kier molecular flexibility index (Phi) is 4.27. The number of hydrogen-bond donors (Lipinski definition) is 1. The molecule has 1 amide bonds. The fourth-order valence-corrected chi connectivity index (χ4v) is 2.05. The number of carbonyl (C=O) groups excluding carboxylic acids is 1. The van der Waals surface area contributed by atoms with Crippen molar-refractivity contribution >= 4 is 33.2 Å². The number of nitro benzene ring substituents is 1. The Morgan fingerprint density at radius 1 is 1.38 bits per heavy atom. The average molecular weight is 354 g/mol. The summed E-state index contributed by atoms with van der Waals surface area (Å²) in [6, 6.07) is 6.27. The van der Waals surface area contributed by atoms with Crippen molar-refractivity contribution < 1.29 is 14.1 Å². The molecule has 0 aliphatic rings. The standard InChI is InChI=1S/C13H9BrFN3O3/c1-7-10(3-5-12(14)16-7)17-13(19)8-2-4-11(18(20)21)9(15)6-8/h2-6H,1H3,(H,17,19). The number of nitrogens with zero attached hydrogens (tertiary/aromatic N) is 2. The first-order chi connectivity index (χ1) is 9.88. The summed E-state index contributed by atoms with van der Waals surface area (Å²) < 4.78 is 14.1. The third-order valence-corrected chi connectivity index (χ3v) is 3.15. The van der Waals surface area contributed by atoms with E-state index in [0.29, 0.717) is 16.0 Å². The monoisotopic (exact) mass is 353 g/mol. The van der Waals surface area contributed by atoms with Crippen molar-refractivity contribution in [2.45, 2.75) is 6.92 Å². The summed E-state index contributed by atoms with van der Waals surface area (Å²) in [5.41, 5.74) is 0.371. The maximum absolute atomic E-state index is 13.5. The number of hydrogen-bond acceptors (Lipinski definition) is 4. The third kappa shape index (κ3) is 3.40. The summed E-state index contributed by atoms with van der Waals surface area (Å²) in [5, 5.41) is 13.1. The van der Waals surface area contributed by atoms with E-state index in [9.17, 15) is 19.3 Å². The van der Waals surface area contributed by atoms with Crippen LogP contribution in [-0.4, -0.2) is 15.8 Å². The largest absolute Gasteiger partial charge is 0.320 e. The highest BCUT2D eigenvalue weighted by Crippen LogP contribution is 2.20. The number of aromatic nitrogens is 1. The Balaban J connectivity index is 2.24. The first-order valence-electron chi connectivity index (χ1n) is 5.77. The lowest BCUT2D eigenvalue weighted by atomic mass is 10.1. The summed E-state index contributed by atoms with van der Waals surface area (Å²) >= 11 is 3.20. The Hall–Kier alpha value is -2.35. The van der Waals surface area contributed by atoms with Crippen molar-refractivity contribution in [3.8, 4) is 0 Å². The van der Waals surface area contributed by atoms with Gasteiger partial charge >= 0.3 is 5.69 Å². The van der Waals surface area contributed by atoms with Gasteiger partial charge in [0.1, 0.15) is 4.60 Å². The summed E-state index contributed by atoms with van der Waals surface area (Å²) in [7, 11) is 0. The fraction of sp³-hybridized carbons (Fsp3) is 0.0769. The second-order valence-corrected chi connectivity index (χ2v) is 4.96. The molecule has 0 spiro atoms. The van der Waals surface area contributed by atoms with Crippen LogP contribution in [0.1, 0.15) is 16.1 Å². The molecule has 0 aliphatic heterocycles. The number of rotatable bonds is 3. The maximum atomic E-state index is 13.5. The van der Waals surface area contributed by atoms with Gasteiger partial charge in [-0.3, -0.25) is 14.9 Å². The molecular formula is C13H9BrFN3O3. The molecule has 0 bridgehead atoms. The number of anilines is 1. The van der Waals surface area contributed by atoms with Crippen LogP contribution in [0, 0.1) is 22.9 Å². The van der Waals surface area contributed by atoms with Gasteiger partial charge in [-0.05, 0) is 47.1 Å². The van der Waals surface area contributed by atoms with E-state index in [-0.39, 0.29) is 5.56 Å². The normalized spacial score (nSPS) is 10.2. The Morgan fingerprint density at radius 2 is 2.10 bits per heavy atom. The lowest BCUT2D eigenvalue weighted by Crippen LogP contribution is -2.13. The lowest BCUT2D eigenvalue weighted by molar-refractivity contribution is -0.387. The molecular weight excluding hydrogens is 345 g/mol. The number of nitrogens with one attached hydrogen (secondary N) is 1. The number of benzene rings is 1. The smallest absolute Gasteiger partial charge is 0.304 e. The minimum atomic E-state index is -1.06. The van der Waals surface area contributed by atoms with E-state index in [4.69, 9.17) is 0 Å². The van der Waals surface area contributed by atoms with Crippen LogP contribution < -0.4 is 5.32 Å². The Morgan fingerprint density at radius 3 is 2.67 bits per heavy atom. The molecule has 0 aliphatic carbocycles. The highest BCUT2D eigenvalue weighted by Gasteiger charge is 2.17. The second-order valence-electron chi connectivity index (χ2n) is 4.14. The maximum Gasteiger partial charge on any atom is 0.304 e. The van der Waals surface area contributed by atoms with Crippen molar-refractivity contribution in [3.63, 3.8) is 0 Å². The molecule has 0 saturated heterocycles. The van der Waals surface area contributed by atoms with E-state index >= 15 is 0 Å². The first kappa shape index (κ1) is 15.0. The minimum absolute atomic E-state index is 0.0135. The number of nitro groups is 1. The van der Waals surface area contributed by atoms with Crippen molar-refractivity contribution in [1.82, 2.24) is 4.98 Å². The molecule has 8 heteroatoms. The molecule has 0 radical (unpaired) electrons. The van der Waals surface area contributed by atoms with Gasteiger partial charge in [0.2, 0.25) is 5.82 Å². The molecule has 0 atom stereocenters. The summed E-state index contributed by atoms with van der Waals surface area (Å²) in [5.74, 6) is -1.63. The third-order valence-electron chi connectivity index (χ3n) is 2.71. The van der Waals surface area contributed by atoms with E-state index in [0.717, 1.165) is 12.1 Å². The fourth-order valence-electron chi connectivity index (χ4n) is 1.65. The van der Waals surface area contributed by atoms with E-state index < -0.39 is 22.3 Å². The van der Waals surface area contributed by atoms with E-state index in [1.807, 2.05) is 0 Å². The molecule has 6 nitrogen and oxygen atoms in total. The second kappa shape index (κ2) is 5.96. The van der Waals surface area contributed by atoms with Crippen LogP contribution in [0.2, 0.25) is 0 Å². The molecule has 1 N–H and O–H groups in total. The number of pyridine rings is 1. The zero-order valence-corrected chi connectivity index (χ0v) is 12.3. The van der Waals surface area contributed by atoms with Crippen LogP contribution in [0.3, 0.4) is 0 Å². The summed E-state index contributed by atoms with van der Waals surface area (Å²) in [4.78, 5) is 25.8. The number of aryl methyl sites for hydroxylation is 1. The van der Waals surface area contributed by atoms with Gasteiger partial charge in [0, 0.05) is 11.6 Å². The van der Waals surface area contributed by atoms with Crippen molar-refractivity contribution in [1.29, 1.82) is 0 Å². The van der Waals surface area contributed by atoms with E-state index in [2.05, 4.69) is 26.2 Å². The topological polar surface area (TPSA) is 85.1 Å². The van der Waals surface area contributed by atoms with Gasteiger partial charge in [-0.2, -0.15) is 4.39 Å². The highest BCUT2D eigenvalue weighted by atomic mass is 79.9. The van der Waals surface area contributed by atoms with Crippen molar-refractivity contribution in [2.75, 3.05) is 5.32 Å². The summed E-state index contributed by atoms with van der Waals surface area (Å²) in [6.45, 7) is 1.71. The predicted molar refractivity (Wildman–Crippen MR) is 77.7 cm³/mol. The molecule has 2 aromatic rings. The zero-order chi connectivity index (χ0) is 15.6. The van der Waals surface area contributed by atoms with E-state index in [1.54, 1.807) is 19.1 Å². The average Bonchev–Trinajstić information content (AvgIpc) is 2.41. The minimum Gasteiger partial charge on any atom is -0.320 e. The van der Waals surface area contributed by atoms with Gasteiger partial charge in [0.15, 0.2) is 0 Å². The first-order valence-corrected chi connectivity index (χ1v) is 6.56. The molecule has 1 aromatic heterocycles. The molecule has 1 heterocycles. The van der Waals surface area contributed by atoms with Crippen molar-refractivity contribution in [2.24, 2.45) is 0 Å². The molecule has 2 rings (SSSR count). The van der Waals surface area contributed by atoms with Gasteiger partial charge < -0.3 is 5.32 Å². The lowest BCUT2D eigenvalue weighted by Gasteiger charge is -2.08. The molecule has 0 saturated carbocycles. The van der Waals surface area contributed by atoms with Crippen LogP contribution >= 0.6 is 15.9 Å². The van der Waals surface area contributed by atoms with E-state index in [1.165, 1.54) is 6.07 Å². The predicted octanol–water partition coefficient (Wildman–Crippen LogP) is 3.45. The van der Waals surface area contributed by atoms with Crippen LogP contribution in [-0.2, 0) is 0 Å². The SMILES string of the molecule is Cc1nc(Br)ccc1NC(=O)c1ccc([N+](=O)[O-])c(F)c1. The quantitative estimate of drug-likeness (QED) is 0.520. The van der Waals surface area contributed by atoms with Gasteiger partial charge in [0.05, 0.1) is 16.3 Å². The molecule has 108 valence electrons. The van der Waals surface area contributed by atoms with Gasteiger partial charge in [-0.25, -0.2) is 4.98 Å². The summed E-state index contributed by atoms with van der Waals surface area (Å²) in [6.07, 6.45) is 0. The van der Waals surface area contributed by atoms with Gasteiger partial charge in [0.25, 0.3) is 5.91 Å². The van der Waals surface area contributed by atoms with Crippen LogP contribution in [0.15, 0.2) is 34.9 Å². The molecule has 21 heavy (non-hydrogen) atoms. The molecule has 0 unspecified atom stereocenters. The van der Waals surface area contributed by atoms with Crippen molar-refractivity contribution in [3.05, 3.63) is 62.1 Å². The number of carbonyl (C=O) groups is 1. The Bertz CT molecular complexity index is 737. The number of halogens is 2. The highest BCUT2D eigenvalue weighted by molar-refractivity contribution is 9.10. The molecule has 0 fully saturated rings. The van der Waals surface area contributed by atoms with Crippen LogP contribution in [0.5, 0.6) is 0 Å². The molecule has 1 aromatic carbocycles. The van der Waals surface area contributed by atoms with Gasteiger partial charge in [-0.1, -0.05) is 0 Å². The van der Waals surface area contributed by atoms with Gasteiger partial charge in [-0.15, -0.1) is 0 Å².